The highest BCUT2D eigenvalue weighted by atomic mass is 35.5. The predicted octanol–water partition coefficient (Wildman–Crippen LogP) is 2.92. The molecule has 0 unspecified atom stereocenters. The lowest BCUT2D eigenvalue weighted by molar-refractivity contribution is 0.0529. The van der Waals surface area contributed by atoms with Gasteiger partial charge in [0, 0.05) is 24.7 Å². The predicted molar refractivity (Wildman–Crippen MR) is 98.5 cm³/mol. The van der Waals surface area contributed by atoms with Gasteiger partial charge in [0.25, 0.3) is 0 Å². The Morgan fingerprint density at radius 3 is 2.54 bits per heavy atom. The molecule has 0 aliphatic heterocycles. The number of hydrogen-bond donors (Lipinski definition) is 3. The molecule has 0 saturated heterocycles. The molecule has 0 atom stereocenters. The van der Waals surface area contributed by atoms with Crippen molar-refractivity contribution >= 4 is 23.7 Å². The Morgan fingerprint density at radius 1 is 1.21 bits per heavy atom. The maximum absolute atomic E-state index is 11.6. The van der Waals surface area contributed by atoms with E-state index in [-0.39, 0.29) is 0 Å². The number of rotatable bonds is 6. The van der Waals surface area contributed by atoms with Crippen LogP contribution in [-0.2, 0) is 11.3 Å². The molecular weight excluding hydrogens is 328 g/mol. The van der Waals surface area contributed by atoms with Gasteiger partial charge in [-0.1, -0.05) is 23.7 Å². The van der Waals surface area contributed by atoms with E-state index in [1.807, 2.05) is 52.0 Å². The second kappa shape index (κ2) is 10.0. The number of guanidine groups is 1. The molecule has 3 N–H and O–H groups in total. The first-order chi connectivity index (χ1) is 11.3. The summed E-state index contributed by atoms with van der Waals surface area (Å²) in [4.78, 5) is 16.0. The Hall–Kier alpha value is -1.95. The molecule has 0 heterocycles. The van der Waals surface area contributed by atoms with Crippen LogP contribution >= 0.6 is 11.6 Å². The minimum Gasteiger partial charge on any atom is -0.444 e. The molecule has 0 bridgehead atoms. The number of nitrogens with zero attached hydrogens (tertiary/aromatic N) is 1. The molecule has 0 aromatic heterocycles. The molecule has 1 aromatic carbocycles. The van der Waals surface area contributed by atoms with Crippen molar-refractivity contribution in [2.45, 2.75) is 39.8 Å². The molecule has 7 heteroatoms. The van der Waals surface area contributed by atoms with Crippen molar-refractivity contribution in [1.82, 2.24) is 16.0 Å². The van der Waals surface area contributed by atoms with Crippen LogP contribution in [0.1, 0.15) is 33.3 Å². The molecule has 0 aliphatic rings. The lowest BCUT2D eigenvalue weighted by atomic mass is 10.2. The van der Waals surface area contributed by atoms with E-state index in [0.717, 1.165) is 12.1 Å². The first-order valence-electron chi connectivity index (χ1n) is 8.03. The summed E-state index contributed by atoms with van der Waals surface area (Å²) < 4.78 is 5.17. The van der Waals surface area contributed by atoms with Gasteiger partial charge in [-0.05, 0) is 45.4 Å². The van der Waals surface area contributed by atoms with Gasteiger partial charge in [-0.25, -0.2) is 9.79 Å². The van der Waals surface area contributed by atoms with Gasteiger partial charge in [0.05, 0.1) is 6.54 Å². The summed E-state index contributed by atoms with van der Waals surface area (Å²) in [5.41, 5.74) is 0.539. The lowest BCUT2D eigenvalue weighted by Gasteiger charge is -2.19. The van der Waals surface area contributed by atoms with Crippen molar-refractivity contribution < 1.29 is 9.53 Å². The van der Waals surface area contributed by atoms with Crippen LogP contribution in [0.5, 0.6) is 0 Å². The second-order valence-corrected chi connectivity index (χ2v) is 6.62. The van der Waals surface area contributed by atoms with Crippen molar-refractivity contribution in [3.8, 4) is 0 Å². The van der Waals surface area contributed by atoms with E-state index in [2.05, 4.69) is 20.9 Å². The Labute approximate surface area is 149 Å². The third-order valence-electron chi connectivity index (χ3n) is 2.74. The highest BCUT2D eigenvalue weighted by molar-refractivity contribution is 6.30. The maximum atomic E-state index is 11.6. The van der Waals surface area contributed by atoms with Crippen LogP contribution in [0.25, 0.3) is 0 Å². The van der Waals surface area contributed by atoms with Gasteiger partial charge < -0.3 is 20.7 Å². The zero-order valence-corrected chi connectivity index (χ0v) is 15.5. The summed E-state index contributed by atoms with van der Waals surface area (Å²) in [5, 5.41) is 9.71. The standard InChI is InChI=1S/C17H27ClN4O2/c1-5-19-15(22-12-13-7-6-8-14(18)11-13)20-9-10-21-16(23)24-17(2,3)4/h6-8,11H,5,9-10,12H2,1-4H3,(H,21,23)(H2,19,20,22). The molecule has 134 valence electrons. The molecule has 0 fully saturated rings. The number of aliphatic imine (C=N–C) groups is 1. The van der Waals surface area contributed by atoms with E-state index >= 15 is 0 Å². The highest BCUT2D eigenvalue weighted by Gasteiger charge is 2.15. The quantitative estimate of drug-likeness (QED) is 0.417. The largest absolute Gasteiger partial charge is 0.444 e. The monoisotopic (exact) mass is 354 g/mol. The van der Waals surface area contributed by atoms with Crippen molar-refractivity contribution in [3.63, 3.8) is 0 Å². The van der Waals surface area contributed by atoms with Gasteiger partial charge in [-0.3, -0.25) is 0 Å². The second-order valence-electron chi connectivity index (χ2n) is 6.18. The zero-order chi connectivity index (χ0) is 18.0. The van der Waals surface area contributed by atoms with Crippen LogP contribution in [0.15, 0.2) is 29.3 Å². The number of carbonyl (C=O) groups excluding carboxylic acids is 1. The van der Waals surface area contributed by atoms with E-state index in [1.165, 1.54) is 0 Å². The number of carbonyl (C=O) groups is 1. The molecule has 0 spiro atoms. The van der Waals surface area contributed by atoms with Gasteiger partial charge in [-0.2, -0.15) is 0 Å². The number of alkyl carbamates (subject to hydrolysis) is 1. The van der Waals surface area contributed by atoms with Crippen LogP contribution in [0.2, 0.25) is 5.02 Å². The summed E-state index contributed by atoms with van der Waals surface area (Å²) in [5.74, 6) is 0.684. The number of hydrogen-bond acceptors (Lipinski definition) is 3. The number of halogens is 1. The normalized spacial score (nSPS) is 11.8. The molecule has 0 saturated carbocycles. The Bertz CT molecular complexity index is 556. The molecule has 0 aliphatic carbocycles. The fraction of sp³-hybridized carbons (Fsp3) is 0.529. The summed E-state index contributed by atoms with van der Waals surface area (Å²) >= 11 is 5.97. The van der Waals surface area contributed by atoms with E-state index in [4.69, 9.17) is 16.3 Å². The zero-order valence-electron chi connectivity index (χ0n) is 14.8. The van der Waals surface area contributed by atoms with Crippen LogP contribution in [0.3, 0.4) is 0 Å². The van der Waals surface area contributed by atoms with E-state index in [9.17, 15) is 4.79 Å². The fourth-order valence-electron chi connectivity index (χ4n) is 1.81. The van der Waals surface area contributed by atoms with Crippen molar-refractivity contribution in [2.24, 2.45) is 4.99 Å². The maximum Gasteiger partial charge on any atom is 0.407 e. The SMILES string of the molecule is CCNC(=NCc1cccc(Cl)c1)NCCNC(=O)OC(C)(C)C. The van der Waals surface area contributed by atoms with Crippen LogP contribution < -0.4 is 16.0 Å². The van der Waals surface area contributed by atoms with Crippen molar-refractivity contribution in [2.75, 3.05) is 19.6 Å². The van der Waals surface area contributed by atoms with E-state index in [1.54, 1.807) is 0 Å². The summed E-state index contributed by atoms with van der Waals surface area (Å²) in [6, 6.07) is 7.60. The number of nitrogens with one attached hydrogen (secondary N) is 3. The average Bonchev–Trinajstić information content (AvgIpc) is 2.47. The smallest absolute Gasteiger partial charge is 0.407 e. The minimum atomic E-state index is -0.495. The summed E-state index contributed by atoms with van der Waals surface area (Å²) in [6.07, 6.45) is -0.426. The number of amides is 1. The molecule has 0 radical (unpaired) electrons. The van der Waals surface area contributed by atoms with Crippen molar-refractivity contribution in [1.29, 1.82) is 0 Å². The van der Waals surface area contributed by atoms with Crippen LogP contribution in [-0.4, -0.2) is 37.3 Å². The Kier molecular flexibility index (Phi) is 8.40. The average molecular weight is 355 g/mol. The number of ether oxygens (including phenoxy) is 1. The van der Waals surface area contributed by atoms with Gasteiger partial charge in [0.15, 0.2) is 5.96 Å². The summed E-state index contributed by atoms with van der Waals surface area (Å²) in [7, 11) is 0. The van der Waals surface area contributed by atoms with E-state index < -0.39 is 11.7 Å². The topological polar surface area (TPSA) is 74.8 Å². The summed E-state index contributed by atoms with van der Waals surface area (Å²) in [6.45, 7) is 9.74. The molecular formula is C17H27ClN4O2. The molecule has 24 heavy (non-hydrogen) atoms. The Morgan fingerprint density at radius 2 is 1.92 bits per heavy atom. The minimum absolute atomic E-state index is 0.426. The fourth-order valence-corrected chi connectivity index (χ4v) is 2.02. The highest BCUT2D eigenvalue weighted by Crippen LogP contribution is 2.11. The number of benzene rings is 1. The molecule has 1 rings (SSSR count). The van der Waals surface area contributed by atoms with Gasteiger partial charge >= 0.3 is 6.09 Å². The first-order valence-corrected chi connectivity index (χ1v) is 8.41. The van der Waals surface area contributed by atoms with Crippen molar-refractivity contribution in [3.05, 3.63) is 34.9 Å². The van der Waals surface area contributed by atoms with Gasteiger partial charge in [0.1, 0.15) is 5.60 Å². The first kappa shape index (κ1) is 20.1. The van der Waals surface area contributed by atoms with Gasteiger partial charge in [-0.15, -0.1) is 0 Å². The third kappa shape index (κ3) is 9.25. The van der Waals surface area contributed by atoms with E-state index in [0.29, 0.717) is 30.6 Å². The molecule has 1 amide bonds. The lowest BCUT2D eigenvalue weighted by Crippen LogP contribution is -2.42. The van der Waals surface area contributed by atoms with Crippen LogP contribution in [0.4, 0.5) is 4.79 Å². The Balaban J connectivity index is 2.40. The molecule has 6 nitrogen and oxygen atoms in total. The molecule has 1 aromatic rings. The van der Waals surface area contributed by atoms with Crippen LogP contribution in [0, 0.1) is 0 Å². The third-order valence-corrected chi connectivity index (χ3v) is 2.97. The van der Waals surface area contributed by atoms with Gasteiger partial charge in [0.2, 0.25) is 0 Å².